The second-order valence-corrected chi connectivity index (χ2v) is 7.13. The van der Waals surface area contributed by atoms with Gasteiger partial charge in [0.25, 0.3) is 5.95 Å². The number of hydrogen-bond donors (Lipinski definition) is 0. The molecule has 1 aromatic carbocycles. The summed E-state index contributed by atoms with van der Waals surface area (Å²) in [5.41, 5.74) is 3.21. The molecule has 31 heavy (non-hydrogen) atoms. The van der Waals surface area contributed by atoms with E-state index >= 15 is 0 Å². The zero-order chi connectivity index (χ0) is 21.3. The molecule has 3 heterocycles. The monoisotopic (exact) mass is 419 g/mol. The number of benzene rings is 1. The largest absolute Gasteiger partial charge is 0.463 e. The molecule has 0 amide bonds. The van der Waals surface area contributed by atoms with Crippen molar-refractivity contribution in [3.05, 3.63) is 65.5 Å². The predicted molar refractivity (Wildman–Crippen MR) is 116 cm³/mol. The van der Waals surface area contributed by atoms with Gasteiger partial charge in [0.05, 0.1) is 26.4 Å². The Labute approximate surface area is 181 Å². The molecular formula is C22H25N7O2. The third-order valence-electron chi connectivity index (χ3n) is 4.70. The summed E-state index contributed by atoms with van der Waals surface area (Å²) in [7, 11) is 0. The van der Waals surface area contributed by atoms with E-state index in [0.717, 1.165) is 11.3 Å². The van der Waals surface area contributed by atoms with Crippen LogP contribution in [0.1, 0.15) is 16.8 Å². The maximum atomic E-state index is 5.80. The third-order valence-corrected chi connectivity index (χ3v) is 4.70. The van der Waals surface area contributed by atoms with Crippen LogP contribution in [0.3, 0.4) is 0 Å². The van der Waals surface area contributed by atoms with E-state index in [1.54, 1.807) is 6.20 Å². The number of ether oxygens (including phenoxy) is 2. The topological polar surface area (TPSA) is 98.0 Å². The minimum absolute atomic E-state index is 0.233. The first-order valence-corrected chi connectivity index (χ1v) is 10.3. The maximum Gasteiger partial charge on any atom is 0.323 e. The van der Waals surface area contributed by atoms with Gasteiger partial charge in [-0.15, -0.1) is 5.11 Å². The molecule has 0 bridgehead atoms. The molecular weight excluding hydrogens is 394 g/mol. The lowest BCUT2D eigenvalue weighted by atomic mass is 10.1. The highest BCUT2D eigenvalue weighted by atomic mass is 16.5. The molecule has 0 aliphatic carbocycles. The van der Waals surface area contributed by atoms with Crippen molar-refractivity contribution in [2.75, 3.05) is 37.8 Å². The standard InChI is InChI=1S/C22H25N7O2/c1-17-5-4-6-18(15-17)16-24-28-20-25-21(29-10-13-30-14-11-29)27-22(26-20)31-12-8-19-7-2-3-9-23-19/h2-7,9,15H,8,10-14,16H2,1H3. The summed E-state index contributed by atoms with van der Waals surface area (Å²) >= 11 is 0. The molecule has 9 heteroatoms. The predicted octanol–water partition coefficient (Wildman–Crippen LogP) is 3.32. The molecule has 0 spiro atoms. The van der Waals surface area contributed by atoms with Gasteiger partial charge in [-0.05, 0) is 24.6 Å². The van der Waals surface area contributed by atoms with E-state index in [-0.39, 0.29) is 12.0 Å². The van der Waals surface area contributed by atoms with Gasteiger partial charge in [-0.3, -0.25) is 4.98 Å². The Kier molecular flexibility index (Phi) is 7.07. The van der Waals surface area contributed by atoms with Crippen molar-refractivity contribution in [2.24, 2.45) is 10.2 Å². The van der Waals surface area contributed by atoms with Gasteiger partial charge in [-0.2, -0.15) is 20.1 Å². The average molecular weight is 419 g/mol. The van der Waals surface area contributed by atoms with Crippen molar-refractivity contribution in [3.8, 4) is 6.01 Å². The molecule has 4 rings (SSSR count). The van der Waals surface area contributed by atoms with Crippen LogP contribution in [0.25, 0.3) is 0 Å². The molecule has 160 valence electrons. The lowest BCUT2D eigenvalue weighted by Crippen LogP contribution is -2.37. The minimum Gasteiger partial charge on any atom is -0.463 e. The van der Waals surface area contributed by atoms with Crippen LogP contribution in [0.2, 0.25) is 0 Å². The summed E-state index contributed by atoms with van der Waals surface area (Å²) in [4.78, 5) is 19.6. The van der Waals surface area contributed by atoms with E-state index in [2.05, 4.69) is 49.2 Å². The molecule has 1 aliphatic heterocycles. The quantitative estimate of drug-likeness (QED) is 0.517. The van der Waals surface area contributed by atoms with Gasteiger partial charge >= 0.3 is 6.01 Å². The van der Waals surface area contributed by atoms with Gasteiger partial charge in [0.1, 0.15) is 0 Å². The molecule has 1 aliphatic rings. The fourth-order valence-electron chi connectivity index (χ4n) is 3.13. The SMILES string of the molecule is Cc1cccc(CN=Nc2nc(OCCc3ccccn3)nc(N3CCOCC3)n2)c1. The molecule has 1 saturated heterocycles. The molecule has 0 atom stereocenters. The Hall–Kier alpha value is -3.46. The van der Waals surface area contributed by atoms with Crippen molar-refractivity contribution in [1.29, 1.82) is 0 Å². The Bertz CT molecular complexity index is 1010. The number of azo groups is 1. The van der Waals surface area contributed by atoms with E-state index < -0.39 is 0 Å². The minimum atomic E-state index is 0.233. The number of aryl methyl sites for hydroxylation is 1. The number of rotatable bonds is 8. The van der Waals surface area contributed by atoms with Gasteiger partial charge in [-0.1, -0.05) is 35.9 Å². The van der Waals surface area contributed by atoms with Gasteiger partial charge < -0.3 is 14.4 Å². The second-order valence-electron chi connectivity index (χ2n) is 7.13. The zero-order valence-electron chi connectivity index (χ0n) is 17.5. The van der Waals surface area contributed by atoms with Gasteiger partial charge in [0, 0.05) is 31.4 Å². The Morgan fingerprint density at radius 3 is 2.77 bits per heavy atom. The van der Waals surface area contributed by atoms with Crippen LogP contribution in [0.5, 0.6) is 6.01 Å². The molecule has 0 N–H and O–H groups in total. The summed E-state index contributed by atoms with van der Waals surface area (Å²) in [6, 6.07) is 14.2. The normalized spacial score (nSPS) is 14.2. The van der Waals surface area contributed by atoms with Crippen molar-refractivity contribution >= 4 is 11.9 Å². The van der Waals surface area contributed by atoms with Crippen molar-refractivity contribution in [3.63, 3.8) is 0 Å². The van der Waals surface area contributed by atoms with Crippen LogP contribution in [-0.4, -0.2) is 52.8 Å². The highest BCUT2D eigenvalue weighted by molar-refractivity contribution is 5.36. The van der Waals surface area contributed by atoms with E-state index in [0.29, 0.717) is 51.8 Å². The number of pyridine rings is 1. The summed E-state index contributed by atoms with van der Waals surface area (Å²) in [6.07, 6.45) is 2.42. The maximum absolute atomic E-state index is 5.80. The van der Waals surface area contributed by atoms with E-state index in [1.807, 2.05) is 35.2 Å². The van der Waals surface area contributed by atoms with E-state index in [4.69, 9.17) is 9.47 Å². The number of aromatic nitrogens is 4. The van der Waals surface area contributed by atoms with Crippen LogP contribution in [0.4, 0.5) is 11.9 Å². The van der Waals surface area contributed by atoms with Crippen LogP contribution >= 0.6 is 0 Å². The molecule has 0 unspecified atom stereocenters. The number of morpholine rings is 1. The highest BCUT2D eigenvalue weighted by Gasteiger charge is 2.17. The van der Waals surface area contributed by atoms with Crippen LogP contribution in [0, 0.1) is 6.92 Å². The lowest BCUT2D eigenvalue weighted by molar-refractivity contribution is 0.122. The van der Waals surface area contributed by atoms with Gasteiger partial charge in [0.2, 0.25) is 5.95 Å². The summed E-state index contributed by atoms with van der Waals surface area (Å²) < 4.78 is 11.2. The van der Waals surface area contributed by atoms with Crippen molar-refractivity contribution < 1.29 is 9.47 Å². The molecule has 9 nitrogen and oxygen atoms in total. The van der Waals surface area contributed by atoms with Crippen LogP contribution in [-0.2, 0) is 17.7 Å². The smallest absolute Gasteiger partial charge is 0.323 e. The number of anilines is 1. The first-order chi connectivity index (χ1) is 15.3. The number of nitrogens with zero attached hydrogens (tertiary/aromatic N) is 7. The van der Waals surface area contributed by atoms with Crippen molar-refractivity contribution in [1.82, 2.24) is 19.9 Å². The lowest BCUT2D eigenvalue weighted by Gasteiger charge is -2.26. The fraction of sp³-hybridized carbons (Fsp3) is 0.364. The van der Waals surface area contributed by atoms with Gasteiger partial charge in [0.15, 0.2) is 0 Å². The van der Waals surface area contributed by atoms with E-state index in [1.165, 1.54) is 5.56 Å². The Morgan fingerprint density at radius 2 is 1.97 bits per heavy atom. The van der Waals surface area contributed by atoms with Crippen molar-refractivity contribution in [2.45, 2.75) is 19.9 Å². The summed E-state index contributed by atoms with van der Waals surface area (Å²) in [5, 5.41) is 8.50. The van der Waals surface area contributed by atoms with Crippen LogP contribution in [0.15, 0.2) is 58.9 Å². The molecule has 2 aromatic heterocycles. The molecule has 0 saturated carbocycles. The van der Waals surface area contributed by atoms with E-state index in [9.17, 15) is 0 Å². The summed E-state index contributed by atoms with van der Waals surface area (Å²) in [5.74, 6) is 0.757. The average Bonchev–Trinajstić information content (AvgIpc) is 2.80. The third kappa shape index (κ3) is 6.26. The fourth-order valence-corrected chi connectivity index (χ4v) is 3.13. The molecule has 1 fully saturated rings. The molecule has 3 aromatic rings. The van der Waals surface area contributed by atoms with Gasteiger partial charge in [-0.25, -0.2) is 0 Å². The zero-order valence-corrected chi connectivity index (χ0v) is 17.5. The Balaban J connectivity index is 1.47. The number of hydrogen-bond acceptors (Lipinski definition) is 9. The summed E-state index contributed by atoms with van der Waals surface area (Å²) in [6.45, 7) is 5.58. The molecule has 0 radical (unpaired) electrons. The van der Waals surface area contributed by atoms with Crippen LogP contribution < -0.4 is 9.64 Å². The Morgan fingerprint density at radius 1 is 1.06 bits per heavy atom. The first kappa shape index (κ1) is 20.8. The second kappa shape index (κ2) is 10.5. The first-order valence-electron chi connectivity index (χ1n) is 10.3. The highest BCUT2D eigenvalue weighted by Crippen LogP contribution is 2.19.